The van der Waals surface area contributed by atoms with Gasteiger partial charge in [0.25, 0.3) is 0 Å². The average molecular weight is 501 g/mol. The van der Waals surface area contributed by atoms with Crippen LogP contribution in [0.3, 0.4) is 0 Å². The van der Waals surface area contributed by atoms with Crippen molar-refractivity contribution in [1.29, 1.82) is 10.5 Å². The third kappa shape index (κ3) is 5.20. The number of amides is 1. The van der Waals surface area contributed by atoms with Crippen LogP contribution in [0.2, 0.25) is 0 Å². The molecule has 7 nitrogen and oxygen atoms in total. The lowest BCUT2D eigenvalue weighted by atomic mass is 9.90. The number of imidazole rings is 1. The molecule has 0 saturated heterocycles. The van der Waals surface area contributed by atoms with Crippen molar-refractivity contribution < 1.29 is 4.79 Å². The fourth-order valence-corrected chi connectivity index (χ4v) is 5.01. The summed E-state index contributed by atoms with van der Waals surface area (Å²) in [4.78, 5) is 20.1. The molecule has 5 rings (SSSR count). The molecular weight excluding hydrogens is 472 g/mol. The van der Waals surface area contributed by atoms with Crippen LogP contribution in [-0.2, 0) is 24.8 Å². The van der Waals surface area contributed by atoms with Gasteiger partial charge in [0, 0.05) is 57.0 Å². The van der Waals surface area contributed by atoms with E-state index >= 15 is 0 Å². The maximum Gasteiger partial charge on any atom is 0.240 e. The molecule has 1 aliphatic rings. The Morgan fingerprint density at radius 3 is 2.58 bits per heavy atom. The molecule has 0 spiro atoms. The number of rotatable bonds is 7. The smallest absolute Gasteiger partial charge is 0.240 e. The molecule has 1 N–H and O–H groups in total. The van der Waals surface area contributed by atoms with Crippen molar-refractivity contribution in [3.8, 4) is 12.1 Å². The SMILES string of the molecule is Cn1cncc1C[C@@H](NCc1ccc(C#N)cc1)C(=O)N1CCC(C#N)=C(c2cccc3ccccc23)C1. The van der Waals surface area contributed by atoms with Gasteiger partial charge in [0.2, 0.25) is 5.91 Å². The zero-order valence-electron chi connectivity index (χ0n) is 21.3. The number of hydrogen-bond acceptors (Lipinski definition) is 5. The van der Waals surface area contributed by atoms with E-state index in [2.05, 4.69) is 40.6 Å². The van der Waals surface area contributed by atoms with Crippen molar-refractivity contribution >= 4 is 22.3 Å². The van der Waals surface area contributed by atoms with Gasteiger partial charge in [-0.1, -0.05) is 54.6 Å². The summed E-state index contributed by atoms with van der Waals surface area (Å²) in [6, 6.07) is 25.7. The predicted octanol–water partition coefficient (Wildman–Crippen LogP) is 4.36. The van der Waals surface area contributed by atoms with Crippen LogP contribution < -0.4 is 5.32 Å². The molecule has 0 fully saturated rings. The summed E-state index contributed by atoms with van der Waals surface area (Å²) in [5, 5.41) is 24.6. The fraction of sp³-hybridized carbons (Fsp3) is 0.226. The third-order valence-electron chi connectivity index (χ3n) is 7.17. The van der Waals surface area contributed by atoms with E-state index in [9.17, 15) is 10.1 Å². The number of fused-ring (bicyclic) bond motifs is 1. The van der Waals surface area contributed by atoms with E-state index in [1.54, 1.807) is 24.7 Å². The van der Waals surface area contributed by atoms with Crippen LogP contribution in [0.15, 0.2) is 84.8 Å². The molecule has 3 aromatic carbocycles. The Balaban J connectivity index is 1.41. The lowest BCUT2D eigenvalue weighted by Gasteiger charge is -2.33. The Morgan fingerprint density at radius 2 is 1.84 bits per heavy atom. The van der Waals surface area contributed by atoms with Gasteiger partial charge in [-0.05, 0) is 39.6 Å². The van der Waals surface area contributed by atoms with Gasteiger partial charge in [0.15, 0.2) is 0 Å². The van der Waals surface area contributed by atoms with E-state index in [1.807, 2.05) is 52.9 Å². The van der Waals surface area contributed by atoms with Crippen LogP contribution in [0.1, 0.15) is 28.8 Å². The molecule has 0 saturated carbocycles. The number of nitriles is 2. The van der Waals surface area contributed by atoms with Crippen molar-refractivity contribution in [1.82, 2.24) is 19.8 Å². The maximum absolute atomic E-state index is 14.0. The second-order valence-corrected chi connectivity index (χ2v) is 9.55. The monoisotopic (exact) mass is 500 g/mol. The largest absolute Gasteiger partial charge is 0.338 e. The molecule has 1 aromatic heterocycles. The van der Waals surface area contributed by atoms with Gasteiger partial charge >= 0.3 is 0 Å². The van der Waals surface area contributed by atoms with Gasteiger partial charge in [-0.2, -0.15) is 10.5 Å². The summed E-state index contributed by atoms with van der Waals surface area (Å²) >= 11 is 0. The highest BCUT2D eigenvalue weighted by atomic mass is 16.2. The van der Waals surface area contributed by atoms with Crippen LogP contribution in [0.25, 0.3) is 16.3 Å². The Hall–Kier alpha value is -4.72. The van der Waals surface area contributed by atoms with Gasteiger partial charge in [-0.15, -0.1) is 0 Å². The summed E-state index contributed by atoms with van der Waals surface area (Å²) in [6.45, 7) is 1.37. The zero-order chi connectivity index (χ0) is 26.5. The number of carbonyl (C=O) groups excluding carboxylic acids is 1. The predicted molar refractivity (Wildman–Crippen MR) is 146 cm³/mol. The molecule has 0 bridgehead atoms. The Bertz CT molecular complexity index is 1580. The highest BCUT2D eigenvalue weighted by molar-refractivity contribution is 5.96. The number of benzene rings is 3. The lowest BCUT2D eigenvalue weighted by molar-refractivity contribution is -0.133. The molecule has 1 amide bonds. The number of carbonyl (C=O) groups is 1. The first-order chi connectivity index (χ1) is 18.6. The number of aryl methyl sites for hydroxylation is 1. The van der Waals surface area contributed by atoms with Crippen molar-refractivity contribution in [2.45, 2.75) is 25.4 Å². The molecule has 0 unspecified atom stereocenters. The normalized spacial score (nSPS) is 14.2. The van der Waals surface area contributed by atoms with Gasteiger partial charge in [0.1, 0.15) is 0 Å². The molecule has 0 radical (unpaired) electrons. The number of nitrogens with zero attached hydrogens (tertiary/aromatic N) is 5. The first-order valence-corrected chi connectivity index (χ1v) is 12.6. The van der Waals surface area contributed by atoms with Gasteiger partial charge < -0.3 is 14.8 Å². The fourth-order valence-electron chi connectivity index (χ4n) is 5.01. The first kappa shape index (κ1) is 25.0. The maximum atomic E-state index is 14.0. The summed E-state index contributed by atoms with van der Waals surface area (Å²) in [5.41, 5.74) is 5.20. The molecule has 4 aromatic rings. The van der Waals surface area contributed by atoms with Crippen LogP contribution in [-0.4, -0.2) is 39.5 Å². The molecule has 0 aliphatic carbocycles. The van der Waals surface area contributed by atoms with E-state index in [-0.39, 0.29) is 5.91 Å². The minimum Gasteiger partial charge on any atom is -0.338 e. The standard InChI is InChI=1S/C31H28N6O/c1-36-21-34-19-26(36)15-30(35-18-23-11-9-22(16-32)10-12-23)31(38)37-14-13-25(17-33)29(20-37)28-8-4-6-24-5-2-3-7-27(24)28/h2-12,19,21,30,35H,13-15,18,20H2,1H3/t30-/m1/s1. The minimum atomic E-state index is -0.474. The van der Waals surface area contributed by atoms with E-state index in [1.165, 1.54) is 0 Å². The van der Waals surface area contributed by atoms with Crippen LogP contribution in [0, 0.1) is 22.7 Å². The Labute approximate surface area is 222 Å². The first-order valence-electron chi connectivity index (χ1n) is 12.6. The van der Waals surface area contributed by atoms with Gasteiger partial charge in [-0.3, -0.25) is 4.79 Å². The number of aromatic nitrogens is 2. The summed E-state index contributed by atoms with van der Waals surface area (Å²) in [5.74, 6) is -0.00503. The number of nitrogens with one attached hydrogen (secondary N) is 1. The quantitative estimate of drug-likeness (QED) is 0.407. The molecule has 38 heavy (non-hydrogen) atoms. The van der Waals surface area contributed by atoms with Gasteiger partial charge in [0.05, 0.1) is 30.1 Å². The van der Waals surface area contributed by atoms with E-state index in [0.717, 1.165) is 38.7 Å². The molecule has 2 heterocycles. The molecule has 1 atom stereocenters. The Morgan fingerprint density at radius 1 is 1.05 bits per heavy atom. The van der Waals surface area contributed by atoms with E-state index in [4.69, 9.17) is 5.26 Å². The second kappa shape index (κ2) is 11.1. The van der Waals surface area contributed by atoms with E-state index < -0.39 is 6.04 Å². The topological polar surface area (TPSA) is 97.7 Å². The van der Waals surface area contributed by atoms with E-state index in [0.29, 0.717) is 38.0 Å². The minimum absolute atomic E-state index is 0.00503. The summed E-state index contributed by atoms with van der Waals surface area (Å²) in [7, 11) is 1.92. The highest BCUT2D eigenvalue weighted by Crippen LogP contribution is 2.32. The number of hydrogen-bond donors (Lipinski definition) is 1. The van der Waals surface area contributed by atoms with Crippen molar-refractivity contribution in [3.05, 3.63) is 107 Å². The van der Waals surface area contributed by atoms with Crippen molar-refractivity contribution in [3.63, 3.8) is 0 Å². The van der Waals surface area contributed by atoms with Crippen LogP contribution in [0.5, 0.6) is 0 Å². The third-order valence-corrected chi connectivity index (χ3v) is 7.17. The highest BCUT2D eigenvalue weighted by Gasteiger charge is 2.30. The molecule has 188 valence electrons. The summed E-state index contributed by atoms with van der Waals surface area (Å²) in [6.07, 6.45) is 4.53. The second-order valence-electron chi connectivity index (χ2n) is 9.55. The van der Waals surface area contributed by atoms with Crippen molar-refractivity contribution in [2.75, 3.05) is 13.1 Å². The van der Waals surface area contributed by atoms with Gasteiger partial charge in [-0.25, -0.2) is 4.98 Å². The van der Waals surface area contributed by atoms with Crippen LogP contribution >= 0.6 is 0 Å². The van der Waals surface area contributed by atoms with Crippen LogP contribution in [0.4, 0.5) is 0 Å². The molecular formula is C31H28N6O. The van der Waals surface area contributed by atoms with Crippen molar-refractivity contribution in [2.24, 2.45) is 7.05 Å². The molecule has 7 heteroatoms. The lowest BCUT2D eigenvalue weighted by Crippen LogP contribution is -2.49. The zero-order valence-corrected chi connectivity index (χ0v) is 21.3. The average Bonchev–Trinajstić information content (AvgIpc) is 3.38. The molecule has 1 aliphatic heterocycles. The Kier molecular flexibility index (Phi) is 7.31. The summed E-state index contributed by atoms with van der Waals surface area (Å²) < 4.78 is 1.93.